The summed E-state index contributed by atoms with van der Waals surface area (Å²) < 4.78 is 0. The van der Waals surface area contributed by atoms with E-state index >= 15 is 0 Å². The van der Waals surface area contributed by atoms with E-state index in [1.54, 1.807) is 6.92 Å². The summed E-state index contributed by atoms with van der Waals surface area (Å²) in [4.78, 5) is 14.0. The van der Waals surface area contributed by atoms with E-state index in [1.165, 1.54) is 57.1 Å². The number of hydrogen-bond acceptors (Lipinski definition) is 2. The van der Waals surface area contributed by atoms with Gasteiger partial charge in [-0.25, -0.2) is 0 Å². The molecule has 2 aliphatic rings. The first kappa shape index (κ1) is 19.5. The van der Waals surface area contributed by atoms with Gasteiger partial charge in [-0.05, 0) is 56.0 Å². The number of carbonyl (C=O) groups excluding carboxylic acids is 1. The van der Waals surface area contributed by atoms with Crippen molar-refractivity contribution in [1.82, 2.24) is 4.90 Å². The molecule has 1 heterocycles. The number of rotatable bonds is 4. The van der Waals surface area contributed by atoms with Crippen molar-refractivity contribution in [3.63, 3.8) is 0 Å². The van der Waals surface area contributed by atoms with Gasteiger partial charge in [0.05, 0.1) is 0 Å². The van der Waals surface area contributed by atoms with Crippen molar-refractivity contribution >= 4 is 18.2 Å². The van der Waals surface area contributed by atoms with Gasteiger partial charge in [0.15, 0.2) is 0 Å². The molecule has 134 valence electrons. The minimum absolute atomic E-state index is 0. The Bertz CT molecular complexity index is 510. The predicted octanol–water partition coefficient (Wildman–Crippen LogP) is 5.22. The molecule has 1 aromatic rings. The zero-order valence-electron chi connectivity index (χ0n) is 15.0. The standard InChI is InChI=1S/C21H31NO.ClH/c1-18(23)10-14-22-15-11-20(19-8-4-2-5-9-19)16-21(17-22)12-6-3-7-13-21;/h2,4-5,8-9,20H,3,6-7,10-17H2,1H3;1H. The third-order valence-electron chi connectivity index (χ3n) is 6.00. The number of ketones is 1. The lowest BCUT2D eigenvalue weighted by Gasteiger charge is -2.40. The first-order valence-corrected chi connectivity index (χ1v) is 9.44. The highest BCUT2D eigenvalue weighted by Crippen LogP contribution is 2.47. The zero-order chi connectivity index (χ0) is 16.1. The van der Waals surface area contributed by atoms with E-state index in [9.17, 15) is 4.79 Å². The average Bonchev–Trinajstić information content (AvgIpc) is 2.74. The lowest BCUT2D eigenvalue weighted by molar-refractivity contribution is -0.117. The van der Waals surface area contributed by atoms with Crippen LogP contribution in [-0.2, 0) is 4.79 Å². The fourth-order valence-corrected chi connectivity index (χ4v) is 4.76. The van der Waals surface area contributed by atoms with E-state index in [2.05, 4.69) is 35.2 Å². The predicted molar refractivity (Wildman–Crippen MR) is 103 cm³/mol. The van der Waals surface area contributed by atoms with Crippen LogP contribution >= 0.6 is 12.4 Å². The number of carbonyl (C=O) groups is 1. The van der Waals surface area contributed by atoms with Gasteiger partial charge < -0.3 is 4.90 Å². The molecule has 1 atom stereocenters. The van der Waals surface area contributed by atoms with E-state index in [-0.39, 0.29) is 12.4 Å². The first-order chi connectivity index (χ1) is 11.2. The number of Topliss-reactive ketones (excluding diaryl/α,β-unsaturated/α-hetero) is 1. The molecule has 1 aliphatic heterocycles. The fourth-order valence-electron chi connectivity index (χ4n) is 4.76. The van der Waals surface area contributed by atoms with Gasteiger partial charge in [0.1, 0.15) is 5.78 Å². The van der Waals surface area contributed by atoms with Crippen LogP contribution in [-0.4, -0.2) is 30.3 Å². The van der Waals surface area contributed by atoms with E-state index < -0.39 is 0 Å². The van der Waals surface area contributed by atoms with Gasteiger partial charge >= 0.3 is 0 Å². The Morgan fingerprint density at radius 2 is 1.88 bits per heavy atom. The second kappa shape index (κ2) is 9.01. The molecule has 1 aliphatic carbocycles. The van der Waals surface area contributed by atoms with Gasteiger partial charge in [0, 0.05) is 19.5 Å². The Balaban J connectivity index is 0.00000208. The van der Waals surface area contributed by atoms with Crippen LogP contribution in [0.3, 0.4) is 0 Å². The molecule has 1 saturated carbocycles. The van der Waals surface area contributed by atoms with Gasteiger partial charge in [-0.1, -0.05) is 49.6 Å². The molecule has 1 spiro atoms. The third kappa shape index (κ3) is 5.07. The summed E-state index contributed by atoms with van der Waals surface area (Å²) in [7, 11) is 0. The van der Waals surface area contributed by atoms with Crippen molar-refractivity contribution in [3.05, 3.63) is 35.9 Å². The Morgan fingerprint density at radius 1 is 1.17 bits per heavy atom. The van der Waals surface area contributed by atoms with Crippen LogP contribution in [0.1, 0.15) is 69.8 Å². The molecule has 24 heavy (non-hydrogen) atoms. The van der Waals surface area contributed by atoms with E-state index in [0.29, 0.717) is 23.5 Å². The topological polar surface area (TPSA) is 20.3 Å². The van der Waals surface area contributed by atoms with Crippen molar-refractivity contribution in [3.8, 4) is 0 Å². The van der Waals surface area contributed by atoms with Crippen LogP contribution < -0.4 is 0 Å². The third-order valence-corrected chi connectivity index (χ3v) is 6.00. The number of benzene rings is 1. The van der Waals surface area contributed by atoms with Gasteiger partial charge in [0.2, 0.25) is 0 Å². The number of nitrogens with zero attached hydrogens (tertiary/aromatic N) is 1. The molecule has 1 saturated heterocycles. The summed E-state index contributed by atoms with van der Waals surface area (Å²) >= 11 is 0. The molecule has 2 nitrogen and oxygen atoms in total. The molecule has 0 radical (unpaired) electrons. The van der Waals surface area contributed by atoms with Crippen LogP contribution in [0.2, 0.25) is 0 Å². The smallest absolute Gasteiger partial charge is 0.131 e. The van der Waals surface area contributed by atoms with E-state index in [0.717, 1.165) is 13.1 Å². The van der Waals surface area contributed by atoms with Crippen LogP contribution in [0.25, 0.3) is 0 Å². The van der Waals surface area contributed by atoms with Crippen molar-refractivity contribution < 1.29 is 4.79 Å². The second-order valence-corrected chi connectivity index (χ2v) is 7.89. The minimum Gasteiger partial charge on any atom is -0.302 e. The van der Waals surface area contributed by atoms with Gasteiger partial charge in [-0.2, -0.15) is 0 Å². The average molecular weight is 350 g/mol. The summed E-state index contributed by atoms with van der Waals surface area (Å²) in [6.07, 6.45) is 10.2. The van der Waals surface area contributed by atoms with Gasteiger partial charge in [-0.15, -0.1) is 12.4 Å². The molecular formula is C21H32ClNO. The molecule has 0 bridgehead atoms. The summed E-state index contributed by atoms with van der Waals surface area (Å²) in [5, 5.41) is 0. The molecule has 0 N–H and O–H groups in total. The lowest BCUT2D eigenvalue weighted by atomic mass is 9.68. The van der Waals surface area contributed by atoms with Gasteiger partial charge in [0.25, 0.3) is 0 Å². The SMILES string of the molecule is CC(=O)CCN1CCC(c2ccccc2)CC2(CCCCC2)C1.Cl. The van der Waals surface area contributed by atoms with Crippen molar-refractivity contribution in [2.45, 2.75) is 64.2 Å². The Kier molecular flexibility index (Phi) is 7.31. The monoisotopic (exact) mass is 349 g/mol. The number of halogens is 1. The molecule has 3 heteroatoms. The number of hydrogen-bond donors (Lipinski definition) is 0. The Labute approximate surface area is 153 Å². The summed E-state index contributed by atoms with van der Waals surface area (Å²) in [5.41, 5.74) is 2.01. The molecule has 1 aromatic carbocycles. The Hall–Kier alpha value is -0.860. The molecule has 2 fully saturated rings. The normalized spacial score (nSPS) is 24.1. The fraction of sp³-hybridized carbons (Fsp3) is 0.667. The van der Waals surface area contributed by atoms with Crippen molar-refractivity contribution in [2.75, 3.05) is 19.6 Å². The van der Waals surface area contributed by atoms with Crippen molar-refractivity contribution in [2.24, 2.45) is 5.41 Å². The second-order valence-electron chi connectivity index (χ2n) is 7.89. The summed E-state index contributed by atoms with van der Waals surface area (Å²) in [6.45, 7) is 5.04. The van der Waals surface area contributed by atoms with E-state index in [4.69, 9.17) is 0 Å². The highest BCUT2D eigenvalue weighted by atomic mass is 35.5. The van der Waals surface area contributed by atoms with Crippen LogP contribution in [0.5, 0.6) is 0 Å². The van der Waals surface area contributed by atoms with Crippen LogP contribution in [0.15, 0.2) is 30.3 Å². The van der Waals surface area contributed by atoms with Crippen molar-refractivity contribution in [1.29, 1.82) is 0 Å². The maximum Gasteiger partial charge on any atom is 0.131 e. The van der Waals surface area contributed by atoms with Crippen LogP contribution in [0.4, 0.5) is 0 Å². The first-order valence-electron chi connectivity index (χ1n) is 9.44. The number of likely N-dealkylation sites (tertiary alicyclic amines) is 1. The molecule has 1 unspecified atom stereocenters. The largest absolute Gasteiger partial charge is 0.302 e. The van der Waals surface area contributed by atoms with Crippen LogP contribution in [0, 0.1) is 5.41 Å². The zero-order valence-corrected chi connectivity index (χ0v) is 15.8. The maximum atomic E-state index is 11.4. The quantitative estimate of drug-likeness (QED) is 0.743. The van der Waals surface area contributed by atoms with E-state index in [1.807, 2.05) is 0 Å². The van der Waals surface area contributed by atoms with Gasteiger partial charge in [-0.3, -0.25) is 4.79 Å². The highest BCUT2D eigenvalue weighted by Gasteiger charge is 2.38. The molecular weight excluding hydrogens is 318 g/mol. The maximum absolute atomic E-state index is 11.4. The molecule has 3 rings (SSSR count). The lowest BCUT2D eigenvalue weighted by Crippen LogP contribution is -2.38. The summed E-state index contributed by atoms with van der Waals surface area (Å²) in [5.74, 6) is 1.02. The minimum atomic E-state index is 0. The summed E-state index contributed by atoms with van der Waals surface area (Å²) in [6, 6.07) is 11.1. The molecule has 0 aromatic heterocycles. The highest BCUT2D eigenvalue weighted by molar-refractivity contribution is 5.85. The Morgan fingerprint density at radius 3 is 2.54 bits per heavy atom. The molecule has 0 amide bonds.